The zero-order chi connectivity index (χ0) is 15.1. The average Bonchev–Trinajstić information content (AvgIpc) is 2.83. The van der Waals surface area contributed by atoms with E-state index in [1.807, 2.05) is 0 Å². The smallest absolute Gasteiger partial charge is 0.245 e. The van der Waals surface area contributed by atoms with E-state index in [0.29, 0.717) is 6.42 Å². The lowest BCUT2D eigenvalue weighted by Crippen LogP contribution is -2.46. The van der Waals surface area contributed by atoms with E-state index in [4.69, 9.17) is 34.8 Å². The fraction of sp³-hybridized carbons (Fsp3) is 0.364. The highest BCUT2D eigenvalue weighted by Gasteiger charge is 2.37. The van der Waals surface area contributed by atoms with E-state index in [1.165, 1.54) is 6.07 Å². The van der Waals surface area contributed by atoms with Crippen LogP contribution in [0, 0.1) is 0 Å². The Balaban J connectivity index is 2.50. The summed E-state index contributed by atoms with van der Waals surface area (Å²) in [5.74, 6) is -1.43. The lowest BCUT2D eigenvalue weighted by atomic mass is 10.2. The van der Waals surface area contributed by atoms with E-state index < -0.39 is 22.0 Å². The molecule has 110 valence electrons. The van der Waals surface area contributed by atoms with Crippen LogP contribution >= 0.6 is 34.8 Å². The van der Waals surface area contributed by atoms with Crippen molar-refractivity contribution in [3.63, 3.8) is 0 Å². The summed E-state index contributed by atoms with van der Waals surface area (Å²) in [5, 5.41) is 11.0. The van der Waals surface area contributed by atoms with E-state index >= 15 is 0 Å². The summed E-state index contributed by atoms with van der Waals surface area (Å²) in [6.07, 6.45) is 0.650. The van der Waals surface area contributed by atoms with Gasteiger partial charge in [0.2, 0.25) is 10.0 Å². The molecule has 1 heterocycles. The van der Waals surface area contributed by atoms with Gasteiger partial charge in [0, 0.05) is 6.54 Å². The number of carboxylic acid groups (broad SMARTS) is 1. The van der Waals surface area contributed by atoms with Gasteiger partial charge in [0.05, 0.1) is 27.1 Å². The first-order valence-electron chi connectivity index (χ1n) is 5.62. The molecule has 0 aromatic heterocycles. The first kappa shape index (κ1) is 15.9. The Morgan fingerprint density at radius 3 is 2.40 bits per heavy atom. The second-order valence-electron chi connectivity index (χ2n) is 4.29. The molecule has 2 rings (SSSR count). The van der Waals surface area contributed by atoms with Crippen molar-refractivity contribution in [2.75, 3.05) is 6.54 Å². The SMILES string of the molecule is O=C([O-])[C@H]1CCCN1S(=O)(=O)c1cc(Cl)c(Cl)cc1Cl. The number of carbonyl (C=O) groups excluding carboxylic acids is 1. The van der Waals surface area contributed by atoms with Gasteiger partial charge < -0.3 is 9.90 Å². The Morgan fingerprint density at radius 1 is 1.20 bits per heavy atom. The Bertz CT molecular complexity index is 662. The lowest BCUT2D eigenvalue weighted by Gasteiger charge is -2.25. The van der Waals surface area contributed by atoms with Gasteiger partial charge in [-0.3, -0.25) is 0 Å². The van der Waals surface area contributed by atoms with Gasteiger partial charge in [-0.15, -0.1) is 0 Å². The van der Waals surface area contributed by atoms with Crippen LogP contribution in [0.4, 0.5) is 0 Å². The van der Waals surface area contributed by atoms with E-state index in [9.17, 15) is 18.3 Å². The Kier molecular flexibility index (Phi) is 4.51. The summed E-state index contributed by atoms with van der Waals surface area (Å²) < 4.78 is 25.8. The van der Waals surface area contributed by atoms with Crippen molar-refractivity contribution in [2.24, 2.45) is 0 Å². The summed E-state index contributed by atoms with van der Waals surface area (Å²) in [4.78, 5) is 10.7. The maximum Gasteiger partial charge on any atom is 0.245 e. The Labute approximate surface area is 131 Å². The fourth-order valence-corrected chi connectivity index (χ4v) is 4.72. The van der Waals surface area contributed by atoms with Crippen molar-refractivity contribution < 1.29 is 18.3 Å². The molecule has 0 N–H and O–H groups in total. The summed E-state index contributed by atoms with van der Waals surface area (Å²) in [5.41, 5.74) is 0. The third kappa shape index (κ3) is 2.76. The van der Waals surface area contributed by atoms with E-state index in [2.05, 4.69) is 0 Å². The molecule has 0 saturated carbocycles. The average molecular weight is 358 g/mol. The van der Waals surface area contributed by atoms with Gasteiger partial charge in [-0.1, -0.05) is 34.8 Å². The predicted octanol–water partition coefficient (Wildman–Crippen LogP) is 1.55. The highest BCUT2D eigenvalue weighted by molar-refractivity contribution is 7.89. The second-order valence-corrected chi connectivity index (χ2v) is 7.37. The van der Waals surface area contributed by atoms with Crippen molar-refractivity contribution in [1.29, 1.82) is 0 Å². The number of hydrogen-bond donors (Lipinski definition) is 0. The molecule has 0 unspecified atom stereocenters. The van der Waals surface area contributed by atoms with Crippen molar-refractivity contribution in [2.45, 2.75) is 23.8 Å². The molecule has 1 fully saturated rings. The third-order valence-electron chi connectivity index (χ3n) is 3.04. The zero-order valence-corrected chi connectivity index (χ0v) is 13.1. The monoisotopic (exact) mass is 356 g/mol. The van der Waals surface area contributed by atoms with Gasteiger partial charge in [0.25, 0.3) is 0 Å². The molecule has 20 heavy (non-hydrogen) atoms. The number of benzene rings is 1. The minimum Gasteiger partial charge on any atom is -0.548 e. The number of carbonyl (C=O) groups is 1. The van der Waals surface area contributed by atoms with Gasteiger partial charge in [-0.2, -0.15) is 4.31 Å². The molecule has 0 radical (unpaired) electrons. The Hall–Kier alpha value is -0.530. The summed E-state index contributed by atoms with van der Waals surface area (Å²) in [6, 6.07) is 1.14. The first-order chi connectivity index (χ1) is 9.25. The number of nitrogens with zero attached hydrogens (tertiary/aromatic N) is 1. The van der Waals surface area contributed by atoms with Crippen LogP contribution in [0.3, 0.4) is 0 Å². The predicted molar refractivity (Wildman–Crippen MR) is 73.4 cm³/mol. The molecule has 1 aromatic rings. The molecule has 1 aliphatic heterocycles. The number of hydrogen-bond acceptors (Lipinski definition) is 4. The first-order valence-corrected chi connectivity index (χ1v) is 8.20. The van der Waals surface area contributed by atoms with E-state index in [1.54, 1.807) is 0 Å². The summed E-state index contributed by atoms with van der Waals surface area (Å²) in [7, 11) is -4.07. The molecule has 0 spiro atoms. The van der Waals surface area contributed by atoms with Gasteiger partial charge in [0.1, 0.15) is 4.90 Å². The largest absolute Gasteiger partial charge is 0.548 e. The normalized spacial score (nSPS) is 20.2. The number of halogens is 3. The zero-order valence-electron chi connectivity index (χ0n) is 9.98. The van der Waals surface area contributed by atoms with Crippen molar-refractivity contribution in [3.8, 4) is 0 Å². The molecule has 0 bridgehead atoms. The van der Waals surface area contributed by atoms with Gasteiger partial charge in [-0.05, 0) is 25.0 Å². The van der Waals surface area contributed by atoms with Crippen LogP contribution in [-0.4, -0.2) is 31.3 Å². The standard InChI is InChI=1S/C11H10Cl3NO4S/c12-6-4-8(14)10(5-7(6)13)20(18,19)15-3-1-2-9(15)11(16)17/h4-5,9H,1-3H2,(H,16,17)/p-1/t9-/m1/s1. The van der Waals surface area contributed by atoms with Crippen LogP contribution in [0.5, 0.6) is 0 Å². The van der Waals surface area contributed by atoms with E-state index in [-0.39, 0.29) is 32.9 Å². The van der Waals surface area contributed by atoms with Crippen LogP contribution in [0.1, 0.15) is 12.8 Å². The quantitative estimate of drug-likeness (QED) is 0.769. The maximum absolute atomic E-state index is 12.5. The fourth-order valence-electron chi connectivity index (χ4n) is 2.09. The molecule has 1 aromatic carbocycles. The van der Waals surface area contributed by atoms with Crippen LogP contribution in [-0.2, 0) is 14.8 Å². The molecule has 1 aliphatic rings. The van der Waals surface area contributed by atoms with Crippen LogP contribution < -0.4 is 5.11 Å². The lowest BCUT2D eigenvalue weighted by molar-refractivity contribution is -0.309. The van der Waals surface area contributed by atoms with Gasteiger partial charge in [-0.25, -0.2) is 8.42 Å². The van der Waals surface area contributed by atoms with Crippen molar-refractivity contribution >= 4 is 50.8 Å². The molecular formula is C11H9Cl3NO4S-. The van der Waals surface area contributed by atoms with E-state index in [0.717, 1.165) is 10.4 Å². The minimum atomic E-state index is -4.07. The van der Waals surface area contributed by atoms with Gasteiger partial charge >= 0.3 is 0 Å². The molecule has 0 aliphatic carbocycles. The topological polar surface area (TPSA) is 77.5 Å². The molecule has 9 heteroatoms. The molecule has 1 saturated heterocycles. The van der Waals surface area contributed by atoms with Crippen LogP contribution in [0.2, 0.25) is 15.1 Å². The van der Waals surface area contributed by atoms with Crippen LogP contribution in [0.25, 0.3) is 0 Å². The van der Waals surface area contributed by atoms with Crippen LogP contribution in [0.15, 0.2) is 17.0 Å². The minimum absolute atomic E-state index is 0.0267. The second kappa shape index (κ2) is 5.69. The van der Waals surface area contributed by atoms with Crippen molar-refractivity contribution in [3.05, 3.63) is 27.2 Å². The molecule has 5 nitrogen and oxygen atoms in total. The summed E-state index contributed by atoms with van der Waals surface area (Å²) >= 11 is 17.4. The number of aliphatic carboxylic acids is 1. The highest BCUT2D eigenvalue weighted by Crippen LogP contribution is 2.35. The van der Waals surface area contributed by atoms with Gasteiger partial charge in [0.15, 0.2) is 0 Å². The number of rotatable bonds is 3. The third-order valence-corrected chi connectivity index (χ3v) is 6.13. The number of carboxylic acids is 1. The molecular weight excluding hydrogens is 349 g/mol. The molecule has 1 atom stereocenters. The highest BCUT2D eigenvalue weighted by atomic mass is 35.5. The molecule has 0 amide bonds. The Morgan fingerprint density at radius 2 is 1.80 bits per heavy atom. The van der Waals surface area contributed by atoms with Crippen molar-refractivity contribution in [1.82, 2.24) is 4.31 Å². The summed E-state index contributed by atoms with van der Waals surface area (Å²) in [6.45, 7) is 0.0948. The maximum atomic E-state index is 12.5. The number of sulfonamides is 1.